The number of ether oxygens (including phenoxy) is 1. The van der Waals surface area contributed by atoms with Crippen LogP contribution in [0.3, 0.4) is 0 Å². The lowest BCUT2D eigenvalue weighted by Gasteiger charge is -2.34. The number of hydrogen-bond donors (Lipinski definition) is 3. The molecule has 0 fully saturated rings. The second-order valence-corrected chi connectivity index (χ2v) is 12.0. The van der Waals surface area contributed by atoms with Gasteiger partial charge in [-0.15, -0.1) is 0 Å². The van der Waals surface area contributed by atoms with Gasteiger partial charge < -0.3 is 20.5 Å². The molecular weight excluding hydrogens is 505 g/mol. The highest BCUT2D eigenvalue weighted by molar-refractivity contribution is 7.95. The van der Waals surface area contributed by atoms with Gasteiger partial charge in [0.1, 0.15) is 29.6 Å². The van der Waals surface area contributed by atoms with Crippen molar-refractivity contribution in [3.8, 4) is 11.5 Å². The van der Waals surface area contributed by atoms with E-state index in [0.29, 0.717) is 29.1 Å². The second kappa shape index (κ2) is 9.02. The number of aromatic hydroxyl groups is 1. The molecule has 3 aromatic rings. The average Bonchev–Trinajstić information content (AvgIpc) is 2.96. The summed E-state index contributed by atoms with van der Waals surface area (Å²) in [6.45, 7) is 3.57. The third-order valence-corrected chi connectivity index (χ3v) is 8.74. The van der Waals surface area contributed by atoms with Crippen LogP contribution in [-0.4, -0.2) is 19.3 Å². The number of hydrogen-bond acceptors (Lipinski definition) is 6. The minimum atomic E-state index is -3.81. The number of anilines is 2. The monoisotopic (exact) mass is 530 g/mol. The van der Waals surface area contributed by atoms with Gasteiger partial charge in [-0.3, -0.25) is 0 Å². The molecule has 2 aliphatic heterocycles. The van der Waals surface area contributed by atoms with Gasteiger partial charge in [0.15, 0.2) is 21.5 Å². The van der Waals surface area contributed by atoms with Crippen LogP contribution < -0.4 is 15.4 Å². The molecule has 1 atom stereocenters. The molecular formula is C27H25F3N2O4S. The van der Waals surface area contributed by atoms with Crippen molar-refractivity contribution in [2.45, 2.75) is 32.9 Å². The standard InChI is InChI=1S/C27H25F3N2O4S/c1-27(2)12-22-26(37(34,35)14-27)24(31-21-4-3-5-23(33)25(21)32-22)17-8-7-16(11-19(17)29)36-13-15-6-9-18(28)20(30)10-15/h3-11,24,31-33H,12-14H2,1-2H3. The lowest BCUT2D eigenvalue weighted by molar-refractivity contribution is 0.303. The molecule has 0 aliphatic carbocycles. The largest absolute Gasteiger partial charge is 0.506 e. The van der Waals surface area contributed by atoms with Gasteiger partial charge in [0.2, 0.25) is 0 Å². The van der Waals surface area contributed by atoms with E-state index in [9.17, 15) is 22.3 Å². The molecule has 3 N–H and O–H groups in total. The zero-order valence-electron chi connectivity index (χ0n) is 20.1. The Labute approximate surface area is 212 Å². The van der Waals surface area contributed by atoms with Crippen LogP contribution in [0.15, 0.2) is 65.2 Å². The van der Waals surface area contributed by atoms with Crippen LogP contribution in [0.5, 0.6) is 11.5 Å². The number of nitrogens with one attached hydrogen (secondary N) is 2. The number of phenols is 1. The summed E-state index contributed by atoms with van der Waals surface area (Å²) in [5, 5.41) is 16.7. The van der Waals surface area contributed by atoms with E-state index < -0.39 is 38.7 Å². The predicted molar refractivity (Wildman–Crippen MR) is 134 cm³/mol. The van der Waals surface area contributed by atoms with Gasteiger partial charge in [-0.1, -0.05) is 26.0 Å². The quantitative estimate of drug-likeness (QED) is 0.358. The summed E-state index contributed by atoms with van der Waals surface area (Å²) in [4.78, 5) is 0.0248. The van der Waals surface area contributed by atoms with E-state index in [1.807, 2.05) is 13.8 Å². The summed E-state index contributed by atoms with van der Waals surface area (Å²) in [5.74, 6) is -2.75. The van der Waals surface area contributed by atoms with Crippen LogP contribution in [-0.2, 0) is 16.4 Å². The van der Waals surface area contributed by atoms with Crippen molar-refractivity contribution < 1.29 is 31.4 Å². The lowest BCUT2D eigenvalue weighted by atomic mass is 9.88. The highest BCUT2D eigenvalue weighted by atomic mass is 32.2. The van der Waals surface area contributed by atoms with Crippen LogP contribution in [0.25, 0.3) is 0 Å². The molecule has 10 heteroatoms. The number of para-hydroxylation sites is 1. The minimum absolute atomic E-state index is 0.0248. The SMILES string of the molecule is CC1(C)CC2=C(C(c3ccc(OCc4ccc(F)c(F)c4)cc3F)Nc3cccc(O)c3N2)S(=O)(=O)C1. The van der Waals surface area contributed by atoms with E-state index >= 15 is 4.39 Å². The van der Waals surface area contributed by atoms with E-state index in [1.54, 1.807) is 12.1 Å². The zero-order chi connectivity index (χ0) is 26.5. The number of rotatable bonds is 4. The van der Waals surface area contributed by atoms with Gasteiger partial charge in [-0.2, -0.15) is 0 Å². The van der Waals surface area contributed by atoms with Crippen molar-refractivity contribution in [2.24, 2.45) is 5.41 Å². The van der Waals surface area contributed by atoms with Crippen molar-refractivity contribution >= 4 is 21.2 Å². The molecule has 0 radical (unpaired) electrons. The highest BCUT2D eigenvalue weighted by Crippen LogP contribution is 2.48. The molecule has 0 saturated carbocycles. The number of benzene rings is 3. The fourth-order valence-electron chi connectivity index (χ4n) is 4.87. The zero-order valence-corrected chi connectivity index (χ0v) is 20.9. The third-order valence-electron chi connectivity index (χ3n) is 6.42. The predicted octanol–water partition coefficient (Wildman–Crippen LogP) is 6.02. The molecule has 37 heavy (non-hydrogen) atoms. The topological polar surface area (TPSA) is 87.7 Å². The Morgan fingerprint density at radius 2 is 1.81 bits per heavy atom. The van der Waals surface area contributed by atoms with Gasteiger partial charge in [-0.05, 0) is 53.8 Å². The van der Waals surface area contributed by atoms with E-state index in [2.05, 4.69) is 10.6 Å². The first kappa shape index (κ1) is 25.0. The number of fused-ring (bicyclic) bond motifs is 1. The van der Waals surface area contributed by atoms with Gasteiger partial charge in [-0.25, -0.2) is 21.6 Å². The first-order chi connectivity index (χ1) is 17.4. The molecule has 0 bridgehead atoms. The molecule has 5 rings (SSSR count). The van der Waals surface area contributed by atoms with Crippen molar-refractivity contribution in [1.29, 1.82) is 0 Å². The van der Waals surface area contributed by atoms with Crippen LogP contribution in [0.1, 0.15) is 37.4 Å². The average molecular weight is 531 g/mol. The summed E-state index contributed by atoms with van der Waals surface area (Å²) in [6.07, 6.45) is 0.380. The molecule has 0 aromatic heterocycles. The van der Waals surface area contributed by atoms with Crippen molar-refractivity contribution in [3.05, 3.63) is 93.8 Å². The lowest BCUT2D eigenvalue weighted by Crippen LogP contribution is -2.35. The highest BCUT2D eigenvalue weighted by Gasteiger charge is 2.43. The van der Waals surface area contributed by atoms with Gasteiger partial charge in [0, 0.05) is 17.3 Å². The summed E-state index contributed by atoms with van der Waals surface area (Å²) < 4.78 is 74.7. The number of allylic oxidation sites excluding steroid dienone is 1. The van der Waals surface area contributed by atoms with Crippen LogP contribution in [0, 0.1) is 22.9 Å². The number of sulfone groups is 1. The molecule has 2 aliphatic rings. The summed E-state index contributed by atoms with van der Waals surface area (Å²) in [7, 11) is -3.81. The van der Waals surface area contributed by atoms with Gasteiger partial charge >= 0.3 is 0 Å². The maximum atomic E-state index is 15.5. The number of halogens is 3. The first-order valence-electron chi connectivity index (χ1n) is 11.6. The molecule has 0 amide bonds. The minimum Gasteiger partial charge on any atom is -0.506 e. The summed E-state index contributed by atoms with van der Waals surface area (Å²) in [5.41, 5.74) is 1.01. The van der Waals surface area contributed by atoms with E-state index in [0.717, 1.165) is 18.2 Å². The normalized spacial score (nSPS) is 19.6. The van der Waals surface area contributed by atoms with Crippen molar-refractivity contribution in [1.82, 2.24) is 0 Å². The van der Waals surface area contributed by atoms with E-state index in [1.165, 1.54) is 24.3 Å². The molecule has 0 spiro atoms. The maximum Gasteiger partial charge on any atom is 0.179 e. The van der Waals surface area contributed by atoms with Crippen LogP contribution in [0.2, 0.25) is 0 Å². The Hall–Kier alpha value is -3.66. The van der Waals surface area contributed by atoms with Crippen LogP contribution in [0.4, 0.5) is 24.5 Å². The summed E-state index contributed by atoms with van der Waals surface area (Å²) >= 11 is 0. The molecule has 194 valence electrons. The molecule has 0 saturated heterocycles. The Kier molecular flexibility index (Phi) is 6.10. The second-order valence-electron chi connectivity index (χ2n) is 10.1. The Morgan fingerprint density at radius 3 is 2.54 bits per heavy atom. The van der Waals surface area contributed by atoms with Gasteiger partial charge in [0.05, 0.1) is 22.4 Å². The van der Waals surface area contributed by atoms with Gasteiger partial charge in [0.25, 0.3) is 0 Å². The molecule has 1 unspecified atom stereocenters. The molecule has 3 aromatic carbocycles. The Balaban J connectivity index is 1.53. The molecule has 2 heterocycles. The van der Waals surface area contributed by atoms with Crippen LogP contribution >= 0.6 is 0 Å². The maximum absolute atomic E-state index is 15.5. The molecule has 6 nitrogen and oxygen atoms in total. The Bertz CT molecular complexity index is 1540. The number of phenolic OH excluding ortho intramolecular Hbond substituents is 1. The summed E-state index contributed by atoms with van der Waals surface area (Å²) in [6, 6.07) is 11.1. The Morgan fingerprint density at radius 1 is 1.03 bits per heavy atom. The smallest absolute Gasteiger partial charge is 0.179 e. The fourth-order valence-corrected chi connectivity index (χ4v) is 7.20. The third kappa shape index (κ3) is 4.85. The fraction of sp³-hybridized carbons (Fsp3) is 0.259. The van der Waals surface area contributed by atoms with E-state index in [4.69, 9.17) is 4.74 Å². The first-order valence-corrected chi connectivity index (χ1v) is 13.3. The van der Waals surface area contributed by atoms with Crippen molar-refractivity contribution in [2.75, 3.05) is 16.4 Å². The van der Waals surface area contributed by atoms with E-state index in [-0.39, 0.29) is 34.3 Å². The van der Waals surface area contributed by atoms with Crippen molar-refractivity contribution in [3.63, 3.8) is 0 Å².